The summed E-state index contributed by atoms with van der Waals surface area (Å²) in [6, 6.07) is 0. The highest BCUT2D eigenvalue weighted by Gasteiger charge is 2.23. The molecule has 2 rings (SSSR count). The van der Waals surface area contributed by atoms with E-state index in [1.54, 1.807) is 30.4 Å². The maximum absolute atomic E-state index is 10.6. The summed E-state index contributed by atoms with van der Waals surface area (Å²) in [5.41, 5.74) is 1.52. The molecular formula is C14H21N5O2. The lowest BCUT2D eigenvalue weighted by Gasteiger charge is -2.16. The second-order valence-electron chi connectivity index (χ2n) is 5.15. The first kappa shape index (κ1) is 15.4. The molecule has 1 N–H and O–H groups in total. The summed E-state index contributed by atoms with van der Waals surface area (Å²) in [7, 11) is 5.53. The van der Waals surface area contributed by atoms with Crippen molar-refractivity contribution < 1.29 is 9.84 Å². The molecule has 0 saturated carbocycles. The van der Waals surface area contributed by atoms with E-state index in [4.69, 9.17) is 4.74 Å². The number of aliphatic hydroxyl groups excluding tert-OH is 1. The molecule has 0 saturated heterocycles. The normalized spacial score (nSPS) is 12.7. The van der Waals surface area contributed by atoms with E-state index in [0.29, 0.717) is 23.8 Å². The number of aliphatic hydroxyl groups is 1. The molecule has 2 aromatic rings. The van der Waals surface area contributed by atoms with E-state index in [2.05, 4.69) is 15.1 Å². The minimum absolute atomic E-state index is 0.338. The molecule has 1 unspecified atom stereocenters. The summed E-state index contributed by atoms with van der Waals surface area (Å²) in [6.07, 6.45) is 3.99. The maximum Gasteiger partial charge on any atom is 0.163 e. The fourth-order valence-corrected chi connectivity index (χ4v) is 1.95. The van der Waals surface area contributed by atoms with Crippen molar-refractivity contribution in [2.24, 2.45) is 0 Å². The molecule has 7 nitrogen and oxygen atoms in total. The number of rotatable bonds is 6. The molecule has 21 heavy (non-hydrogen) atoms. The standard InChI is InChI=1S/C14H21N5O2/c1-10-7-15-14(16-8-10)13(20)12-11(21-4)9-17-19(12)6-5-18(2)3/h7-9,13,20H,5-6H2,1-4H3. The third-order valence-electron chi connectivity index (χ3n) is 3.13. The van der Waals surface area contributed by atoms with Gasteiger partial charge < -0.3 is 14.7 Å². The summed E-state index contributed by atoms with van der Waals surface area (Å²) in [4.78, 5) is 10.4. The molecule has 0 amide bonds. The van der Waals surface area contributed by atoms with Crippen LogP contribution in [-0.4, -0.2) is 57.5 Å². The molecule has 0 aliphatic heterocycles. The van der Waals surface area contributed by atoms with Crippen LogP contribution >= 0.6 is 0 Å². The lowest BCUT2D eigenvalue weighted by molar-refractivity contribution is 0.190. The van der Waals surface area contributed by atoms with Crippen LogP contribution in [0.3, 0.4) is 0 Å². The van der Waals surface area contributed by atoms with E-state index < -0.39 is 6.10 Å². The zero-order chi connectivity index (χ0) is 15.4. The molecule has 2 heterocycles. The van der Waals surface area contributed by atoms with Crippen molar-refractivity contribution in [3.63, 3.8) is 0 Å². The van der Waals surface area contributed by atoms with E-state index in [0.717, 1.165) is 12.1 Å². The molecule has 0 fully saturated rings. The van der Waals surface area contributed by atoms with Crippen molar-refractivity contribution in [1.82, 2.24) is 24.6 Å². The van der Waals surface area contributed by atoms with Crippen LogP contribution in [0.2, 0.25) is 0 Å². The molecule has 114 valence electrons. The molecule has 0 radical (unpaired) electrons. The number of aromatic nitrogens is 4. The number of likely N-dealkylation sites (N-methyl/N-ethyl adjacent to an activating group) is 1. The Kier molecular flexibility index (Phi) is 4.87. The van der Waals surface area contributed by atoms with Gasteiger partial charge in [0, 0.05) is 18.9 Å². The van der Waals surface area contributed by atoms with Crippen LogP contribution in [-0.2, 0) is 6.54 Å². The molecule has 0 spiro atoms. The van der Waals surface area contributed by atoms with Gasteiger partial charge in [-0.3, -0.25) is 4.68 Å². The highest BCUT2D eigenvalue weighted by atomic mass is 16.5. The van der Waals surface area contributed by atoms with Gasteiger partial charge in [-0.15, -0.1) is 0 Å². The fourth-order valence-electron chi connectivity index (χ4n) is 1.95. The predicted molar refractivity (Wildman–Crippen MR) is 78.2 cm³/mol. The Morgan fingerprint density at radius 2 is 1.95 bits per heavy atom. The Bertz CT molecular complexity index is 580. The van der Waals surface area contributed by atoms with Crippen molar-refractivity contribution in [2.75, 3.05) is 27.7 Å². The zero-order valence-electron chi connectivity index (χ0n) is 12.8. The first-order valence-corrected chi connectivity index (χ1v) is 6.74. The third kappa shape index (κ3) is 3.56. The number of hydrogen-bond acceptors (Lipinski definition) is 6. The average Bonchev–Trinajstić information content (AvgIpc) is 2.88. The minimum Gasteiger partial charge on any atom is -0.493 e. The Hall–Kier alpha value is -1.99. The number of methoxy groups -OCH3 is 1. The lowest BCUT2D eigenvalue weighted by atomic mass is 10.2. The predicted octanol–water partition coefficient (Wildman–Crippen LogP) is 0.633. The van der Waals surface area contributed by atoms with Crippen LogP contribution in [0.5, 0.6) is 5.75 Å². The molecule has 2 aromatic heterocycles. The Morgan fingerprint density at radius 3 is 2.52 bits per heavy atom. The molecule has 0 aliphatic rings. The Labute approximate surface area is 124 Å². The van der Waals surface area contributed by atoms with E-state index in [9.17, 15) is 5.11 Å². The van der Waals surface area contributed by atoms with Gasteiger partial charge in [0.15, 0.2) is 17.7 Å². The smallest absolute Gasteiger partial charge is 0.163 e. The number of ether oxygens (including phenoxy) is 1. The van der Waals surface area contributed by atoms with Gasteiger partial charge in [-0.25, -0.2) is 9.97 Å². The van der Waals surface area contributed by atoms with E-state index >= 15 is 0 Å². The van der Waals surface area contributed by atoms with Crippen LogP contribution < -0.4 is 4.74 Å². The summed E-state index contributed by atoms with van der Waals surface area (Å²) < 4.78 is 7.02. The number of nitrogens with zero attached hydrogens (tertiary/aromatic N) is 5. The van der Waals surface area contributed by atoms with Crippen molar-refractivity contribution in [1.29, 1.82) is 0 Å². The summed E-state index contributed by atoms with van der Waals surface area (Å²) in [5, 5.41) is 14.8. The van der Waals surface area contributed by atoms with E-state index in [1.807, 2.05) is 25.9 Å². The third-order valence-corrected chi connectivity index (χ3v) is 3.13. The van der Waals surface area contributed by atoms with Crippen molar-refractivity contribution in [3.05, 3.63) is 35.7 Å². The second-order valence-corrected chi connectivity index (χ2v) is 5.15. The maximum atomic E-state index is 10.6. The van der Waals surface area contributed by atoms with Crippen LogP contribution in [0.4, 0.5) is 0 Å². The quantitative estimate of drug-likeness (QED) is 0.841. The van der Waals surface area contributed by atoms with Crippen LogP contribution in [0.15, 0.2) is 18.6 Å². The van der Waals surface area contributed by atoms with Crippen molar-refractivity contribution in [3.8, 4) is 5.75 Å². The number of hydrogen-bond donors (Lipinski definition) is 1. The first-order chi connectivity index (χ1) is 10.0. The van der Waals surface area contributed by atoms with Gasteiger partial charge in [0.25, 0.3) is 0 Å². The molecule has 7 heteroatoms. The van der Waals surface area contributed by atoms with Gasteiger partial charge in [0.1, 0.15) is 5.69 Å². The summed E-state index contributed by atoms with van der Waals surface area (Å²) >= 11 is 0. The lowest BCUT2D eigenvalue weighted by Crippen LogP contribution is -2.21. The molecular weight excluding hydrogens is 270 g/mol. The van der Waals surface area contributed by atoms with E-state index in [1.165, 1.54) is 0 Å². The minimum atomic E-state index is -0.967. The zero-order valence-corrected chi connectivity index (χ0v) is 12.8. The van der Waals surface area contributed by atoms with Gasteiger partial charge in [-0.2, -0.15) is 5.10 Å². The highest BCUT2D eigenvalue weighted by molar-refractivity contribution is 5.30. The van der Waals surface area contributed by atoms with Gasteiger partial charge in [0.2, 0.25) is 0 Å². The highest BCUT2D eigenvalue weighted by Crippen LogP contribution is 2.28. The van der Waals surface area contributed by atoms with Crippen LogP contribution in [0, 0.1) is 6.92 Å². The Balaban J connectivity index is 2.31. The van der Waals surface area contributed by atoms with Crippen molar-refractivity contribution in [2.45, 2.75) is 19.6 Å². The van der Waals surface area contributed by atoms with Crippen molar-refractivity contribution >= 4 is 0 Å². The van der Waals surface area contributed by atoms with Gasteiger partial charge in [0.05, 0.1) is 19.9 Å². The van der Waals surface area contributed by atoms with Crippen LogP contribution in [0.1, 0.15) is 23.2 Å². The fraction of sp³-hybridized carbons (Fsp3) is 0.500. The van der Waals surface area contributed by atoms with Gasteiger partial charge in [-0.1, -0.05) is 0 Å². The van der Waals surface area contributed by atoms with E-state index in [-0.39, 0.29) is 0 Å². The largest absolute Gasteiger partial charge is 0.493 e. The van der Waals surface area contributed by atoms with Crippen LogP contribution in [0.25, 0.3) is 0 Å². The van der Waals surface area contributed by atoms with Gasteiger partial charge >= 0.3 is 0 Å². The molecule has 1 atom stereocenters. The SMILES string of the molecule is COc1cnn(CCN(C)C)c1C(O)c1ncc(C)cn1. The topological polar surface area (TPSA) is 76.3 Å². The molecule has 0 bridgehead atoms. The summed E-state index contributed by atoms with van der Waals surface area (Å²) in [5.74, 6) is 0.871. The second kappa shape index (κ2) is 6.64. The molecule has 0 aliphatic carbocycles. The molecule has 0 aromatic carbocycles. The first-order valence-electron chi connectivity index (χ1n) is 6.74. The summed E-state index contributed by atoms with van der Waals surface area (Å²) in [6.45, 7) is 3.35. The number of aryl methyl sites for hydroxylation is 1. The monoisotopic (exact) mass is 291 g/mol. The van der Waals surface area contributed by atoms with Gasteiger partial charge in [-0.05, 0) is 26.6 Å². The Morgan fingerprint density at radius 1 is 1.29 bits per heavy atom. The average molecular weight is 291 g/mol.